The van der Waals surface area contributed by atoms with Crippen LogP contribution >= 0.6 is 23.2 Å². The fourth-order valence-corrected chi connectivity index (χ4v) is 1.16. The van der Waals surface area contributed by atoms with E-state index in [0.29, 0.717) is 0 Å². The van der Waals surface area contributed by atoms with Gasteiger partial charge in [-0.3, -0.25) is 4.79 Å². The van der Waals surface area contributed by atoms with Crippen LogP contribution in [0.5, 0.6) is 0 Å². The van der Waals surface area contributed by atoms with Gasteiger partial charge >= 0.3 is 0 Å². The van der Waals surface area contributed by atoms with Crippen molar-refractivity contribution in [3.05, 3.63) is 21.9 Å². The van der Waals surface area contributed by atoms with Gasteiger partial charge in [0.05, 0.1) is 5.56 Å². The van der Waals surface area contributed by atoms with Gasteiger partial charge in [-0.05, 0) is 12.6 Å². The van der Waals surface area contributed by atoms with Crippen LogP contribution in [0.4, 0.5) is 0 Å². The number of hydrogen-bond acceptors (Lipinski definition) is 4. The van der Waals surface area contributed by atoms with E-state index >= 15 is 0 Å². The van der Waals surface area contributed by atoms with Crippen LogP contribution in [-0.2, 0) is 0 Å². The van der Waals surface area contributed by atoms with E-state index in [1.165, 1.54) is 6.07 Å². The fraction of sp³-hybridized carbons (Fsp3) is 0.286. The van der Waals surface area contributed by atoms with Gasteiger partial charge in [-0.15, -0.1) is 10.2 Å². The van der Waals surface area contributed by atoms with Crippen molar-refractivity contribution >= 4 is 29.0 Å². The van der Waals surface area contributed by atoms with Crippen LogP contribution in [0.2, 0.25) is 10.3 Å². The van der Waals surface area contributed by atoms with Crippen molar-refractivity contribution in [2.24, 2.45) is 5.73 Å². The van der Waals surface area contributed by atoms with Crippen LogP contribution in [0.15, 0.2) is 6.07 Å². The van der Waals surface area contributed by atoms with Crippen molar-refractivity contribution < 1.29 is 4.79 Å². The zero-order valence-electron chi connectivity index (χ0n) is 6.63. The van der Waals surface area contributed by atoms with Crippen LogP contribution in [0.25, 0.3) is 0 Å². The number of aromatic nitrogens is 2. The molecule has 0 atom stereocenters. The fourth-order valence-electron chi connectivity index (χ4n) is 0.814. The molecule has 0 aliphatic heterocycles. The van der Waals surface area contributed by atoms with Gasteiger partial charge in [-0.1, -0.05) is 23.2 Å². The molecule has 0 aromatic carbocycles. The molecule has 0 radical (unpaired) electrons. The maximum atomic E-state index is 11.3. The Hall–Kier alpha value is -0.710. The molecule has 0 aliphatic rings. The first-order valence-corrected chi connectivity index (χ1v) is 4.32. The zero-order chi connectivity index (χ0) is 9.84. The molecular weight excluding hydrogens is 213 g/mol. The SMILES string of the molecule is NCCC(=O)c1cc(Cl)nnc1Cl. The Morgan fingerprint density at radius 3 is 2.77 bits per heavy atom. The molecule has 0 bridgehead atoms. The monoisotopic (exact) mass is 219 g/mol. The quantitative estimate of drug-likeness (QED) is 0.779. The lowest BCUT2D eigenvalue weighted by Gasteiger charge is -2.00. The molecule has 1 heterocycles. The zero-order valence-corrected chi connectivity index (χ0v) is 8.14. The van der Waals surface area contributed by atoms with Crippen molar-refractivity contribution in [2.45, 2.75) is 6.42 Å². The molecule has 6 heteroatoms. The Bertz CT molecular complexity index is 330. The lowest BCUT2D eigenvalue weighted by Crippen LogP contribution is -2.09. The number of halogens is 2. The number of nitrogens with zero attached hydrogens (tertiary/aromatic N) is 2. The second kappa shape index (κ2) is 4.50. The van der Waals surface area contributed by atoms with Crippen LogP contribution in [0.3, 0.4) is 0 Å². The topological polar surface area (TPSA) is 68.9 Å². The van der Waals surface area contributed by atoms with Crippen molar-refractivity contribution in [3.8, 4) is 0 Å². The van der Waals surface area contributed by atoms with Crippen molar-refractivity contribution in [1.29, 1.82) is 0 Å². The second-order valence-electron chi connectivity index (χ2n) is 2.33. The van der Waals surface area contributed by atoms with Crippen LogP contribution < -0.4 is 5.73 Å². The molecule has 0 amide bonds. The van der Waals surface area contributed by atoms with E-state index in [1.54, 1.807) is 0 Å². The number of carbonyl (C=O) groups excluding carboxylic acids is 1. The van der Waals surface area contributed by atoms with Crippen molar-refractivity contribution in [1.82, 2.24) is 10.2 Å². The molecule has 70 valence electrons. The Kier molecular flexibility index (Phi) is 3.59. The summed E-state index contributed by atoms with van der Waals surface area (Å²) in [6, 6.07) is 1.38. The predicted octanol–water partition coefficient (Wildman–Crippen LogP) is 1.31. The summed E-state index contributed by atoms with van der Waals surface area (Å²) in [4.78, 5) is 11.3. The number of nitrogens with two attached hydrogens (primary N) is 1. The molecule has 4 nitrogen and oxygen atoms in total. The first kappa shape index (κ1) is 10.4. The maximum Gasteiger partial charge on any atom is 0.167 e. The Labute approximate surface area is 85.0 Å². The van der Waals surface area contributed by atoms with Crippen LogP contribution in [-0.4, -0.2) is 22.5 Å². The van der Waals surface area contributed by atoms with Crippen LogP contribution in [0.1, 0.15) is 16.8 Å². The molecule has 0 aliphatic carbocycles. The van der Waals surface area contributed by atoms with Crippen LogP contribution in [0, 0.1) is 0 Å². The number of hydrogen-bond donors (Lipinski definition) is 1. The highest BCUT2D eigenvalue weighted by atomic mass is 35.5. The van der Waals surface area contributed by atoms with Gasteiger partial charge in [-0.2, -0.15) is 0 Å². The Morgan fingerprint density at radius 2 is 2.15 bits per heavy atom. The largest absolute Gasteiger partial charge is 0.330 e. The molecule has 0 spiro atoms. The summed E-state index contributed by atoms with van der Waals surface area (Å²) >= 11 is 11.2. The van der Waals surface area contributed by atoms with E-state index in [1.807, 2.05) is 0 Å². The minimum Gasteiger partial charge on any atom is -0.330 e. The van der Waals surface area contributed by atoms with Gasteiger partial charge in [0.2, 0.25) is 0 Å². The molecule has 0 unspecified atom stereocenters. The van der Waals surface area contributed by atoms with E-state index < -0.39 is 0 Å². The molecule has 0 saturated carbocycles. The number of rotatable bonds is 3. The van der Waals surface area contributed by atoms with E-state index in [9.17, 15) is 4.79 Å². The molecule has 1 aromatic heterocycles. The third kappa shape index (κ3) is 2.62. The summed E-state index contributed by atoms with van der Waals surface area (Å²) in [5, 5.41) is 7.19. The molecule has 0 saturated heterocycles. The first-order chi connectivity index (χ1) is 6.15. The highest BCUT2D eigenvalue weighted by molar-refractivity contribution is 6.34. The van der Waals surface area contributed by atoms with E-state index in [4.69, 9.17) is 28.9 Å². The Balaban J connectivity index is 2.99. The lowest BCUT2D eigenvalue weighted by molar-refractivity contribution is 0.0985. The maximum absolute atomic E-state index is 11.3. The average Bonchev–Trinajstić information content (AvgIpc) is 2.09. The summed E-state index contributed by atoms with van der Waals surface area (Å²) in [5.74, 6) is -0.177. The van der Waals surface area contributed by atoms with E-state index in [-0.39, 0.29) is 34.6 Å². The minimum atomic E-state index is -0.177. The van der Waals surface area contributed by atoms with Gasteiger partial charge < -0.3 is 5.73 Å². The predicted molar refractivity (Wildman–Crippen MR) is 50.1 cm³/mol. The third-order valence-corrected chi connectivity index (χ3v) is 1.85. The van der Waals surface area contributed by atoms with E-state index in [2.05, 4.69) is 10.2 Å². The molecule has 1 aromatic rings. The smallest absolute Gasteiger partial charge is 0.167 e. The summed E-state index contributed by atoms with van der Waals surface area (Å²) in [7, 11) is 0. The van der Waals surface area contributed by atoms with E-state index in [0.717, 1.165) is 0 Å². The highest BCUT2D eigenvalue weighted by Crippen LogP contribution is 2.16. The molecule has 1 rings (SSSR count). The number of Topliss-reactive ketones (excluding diaryl/α,β-unsaturated/α-hetero) is 1. The average molecular weight is 220 g/mol. The van der Waals surface area contributed by atoms with Crippen molar-refractivity contribution in [3.63, 3.8) is 0 Å². The third-order valence-electron chi connectivity index (χ3n) is 1.39. The number of carbonyl (C=O) groups is 1. The molecular formula is C7H7Cl2N3O. The highest BCUT2D eigenvalue weighted by Gasteiger charge is 2.11. The van der Waals surface area contributed by atoms with Gasteiger partial charge in [0.1, 0.15) is 0 Å². The summed E-state index contributed by atoms with van der Waals surface area (Å²) in [6.07, 6.45) is 0.224. The normalized spacial score (nSPS) is 10.1. The standard InChI is InChI=1S/C7H7Cl2N3O/c8-6-3-4(5(13)1-2-10)7(9)12-11-6/h3H,1-2,10H2. The molecule has 13 heavy (non-hydrogen) atoms. The molecule has 0 fully saturated rings. The van der Waals surface area contributed by atoms with Gasteiger partial charge in [0.25, 0.3) is 0 Å². The summed E-state index contributed by atoms with van der Waals surface area (Å²) in [6.45, 7) is 0.273. The first-order valence-electron chi connectivity index (χ1n) is 3.57. The van der Waals surface area contributed by atoms with Gasteiger partial charge in [0.15, 0.2) is 16.1 Å². The number of ketones is 1. The van der Waals surface area contributed by atoms with Gasteiger partial charge in [-0.25, -0.2) is 0 Å². The Morgan fingerprint density at radius 1 is 1.46 bits per heavy atom. The van der Waals surface area contributed by atoms with Gasteiger partial charge in [0, 0.05) is 6.42 Å². The second-order valence-corrected chi connectivity index (χ2v) is 3.08. The van der Waals surface area contributed by atoms with Crippen molar-refractivity contribution in [2.75, 3.05) is 6.54 Å². The minimum absolute atomic E-state index is 0.0582. The molecule has 2 N–H and O–H groups in total. The summed E-state index contributed by atoms with van der Waals surface area (Å²) < 4.78 is 0. The summed E-state index contributed by atoms with van der Waals surface area (Å²) in [5.41, 5.74) is 5.49. The lowest BCUT2D eigenvalue weighted by atomic mass is 10.1.